The van der Waals surface area contributed by atoms with E-state index >= 15 is 0 Å². The molecule has 2 heterocycles. The van der Waals surface area contributed by atoms with E-state index in [-0.39, 0.29) is 7.25 Å². The Morgan fingerprint density at radius 3 is 1.14 bits per heavy atom. The third-order valence-corrected chi connectivity index (χ3v) is 59.6. The van der Waals surface area contributed by atoms with Crippen LogP contribution in [0.25, 0.3) is 45.6 Å². The van der Waals surface area contributed by atoms with Gasteiger partial charge in [0, 0.05) is 0 Å². The van der Waals surface area contributed by atoms with Crippen LogP contribution in [0.2, 0.25) is 13.1 Å². The fourth-order valence-corrected chi connectivity index (χ4v) is 37.4. The van der Waals surface area contributed by atoms with Gasteiger partial charge in [-0.3, -0.25) is 0 Å². The molecule has 4 aromatic carbocycles. The molecule has 0 aliphatic heterocycles. The molecule has 0 saturated heterocycles. The van der Waals surface area contributed by atoms with Crippen LogP contribution < -0.4 is 0 Å². The summed E-state index contributed by atoms with van der Waals surface area (Å²) in [5, 5.41) is 0. The van der Waals surface area contributed by atoms with Crippen LogP contribution in [0.5, 0.6) is 0 Å². The molecule has 0 N–H and O–H groups in total. The molecule has 2 aromatic heterocycles. The Morgan fingerprint density at radius 2 is 0.839 bits per heavy atom. The zero-order valence-corrected chi connectivity index (χ0v) is 39.8. The first-order valence-electron chi connectivity index (χ1n) is 19.8. The molecule has 6 aromatic rings. The fourth-order valence-electron chi connectivity index (χ4n) is 9.73. The van der Waals surface area contributed by atoms with Crippen LogP contribution in [0.3, 0.4) is 0 Å². The predicted octanol–water partition coefficient (Wildman–Crippen LogP) is 15.4. The summed E-state index contributed by atoms with van der Waals surface area (Å²) >= 11 is -5.38. The second kappa shape index (κ2) is 13.9. The summed E-state index contributed by atoms with van der Waals surface area (Å²) in [6.45, 7) is 26.5. The van der Waals surface area contributed by atoms with Crippen molar-refractivity contribution in [2.45, 2.75) is 89.6 Å². The molecular formula is C50H52Cl2O2SiZr. The van der Waals surface area contributed by atoms with Crippen molar-refractivity contribution in [3.8, 4) is 22.3 Å². The van der Waals surface area contributed by atoms with Gasteiger partial charge < -0.3 is 0 Å². The van der Waals surface area contributed by atoms with Gasteiger partial charge in [-0.05, 0) is 0 Å². The minimum atomic E-state index is -5.38. The van der Waals surface area contributed by atoms with Crippen molar-refractivity contribution in [3.05, 3.63) is 163 Å². The van der Waals surface area contributed by atoms with Gasteiger partial charge in [-0.15, -0.1) is 0 Å². The molecule has 2 unspecified atom stereocenters. The van der Waals surface area contributed by atoms with Crippen molar-refractivity contribution in [2.24, 2.45) is 0 Å². The zero-order chi connectivity index (χ0) is 40.2. The Bertz CT molecular complexity index is 2570. The zero-order valence-electron chi connectivity index (χ0n) is 34.8. The molecule has 2 aliphatic rings. The van der Waals surface area contributed by atoms with Gasteiger partial charge in [0.25, 0.3) is 0 Å². The van der Waals surface area contributed by atoms with E-state index in [1.165, 1.54) is 89.0 Å². The maximum atomic E-state index is 8.97. The second-order valence-corrected chi connectivity index (χ2v) is 55.8. The van der Waals surface area contributed by atoms with Gasteiger partial charge in [-0.25, -0.2) is 0 Å². The van der Waals surface area contributed by atoms with Gasteiger partial charge in [-0.2, -0.15) is 0 Å². The molecule has 0 fully saturated rings. The minimum absolute atomic E-state index is 0.222. The standard InChI is InChI=1S/2C24H23O.C2H6Si.2ClH.Zr/c2*1-14-6-8-19-12-20(23-9-7-17(4)25-23)13-22(19)24(14)21-10-15(2)18(5)16(3)11-21;1-3-2;;;/h2*6-13H,1-5H3;1-2H3;2*1H;/q;;;;;+2/p-2. The van der Waals surface area contributed by atoms with Crippen LogP contribution in [0.1, 0.15) is 97.1 Å². The molecule has 2 atom stereocenters. The number of hydrogen-bond donors (Lipinski definition) is 0. The Hall–Kier alpha value is -3.40. The summed E-state index contributed by atoms with van der Waals surface area (Å²) in [5.74, 6) is 3.44. The van der Waals surface area contributed by atoms with Crippen molar-refractivity contribution in [1.29, 1.82) is 0 Å². The van der Waals surface area contributed by atoms with Crippen LogP contribution >= 0.6 is 17.0 Å². The SMILES string of the molecule is Cc1ccc(C2=Cc3c(ccc(C)c3-c3cc(C)c(C)c(C)c3)[CH]2[Zr]([Cl])([Cl])([CH]2C(c3ccc(C)o3)=Cc3c2ccc(C)c3-c2cc(C)c(C)c(C)c2)=[Si](C)C)o1. The maximum absolute atomic E-state index is 8.97. The number of rotatable bonds is 6. The molecular weight excluding hydrogens is 823 g/mol. The molecule has 6 heteroatoms. The van der Waals surface area contributed by atoms with Crippen LogP contribution in [0.4, 0.5) is 0 Å². The van der Waals surface area contributed by atoms with Crippen molar-refractivity contribution in [2.75, 3.05) is 0 Å². The van der Waals surface area contributed by atoms with E-state index in [9.17, 15) is 0 Å². The molecule has 0 saturated carbocycles. The van der Waals surface area contributed by atoms with E-state index in [2.05, 4.69) is 153 Å². The monoisotopic (exact) mass is 872 g/mol. The summed E-state index contributed by atoms with van der Waals surface area (Å²) in [6.07, 6.45) is 4.76. The van der Waals surface area contributed by atoms with Crippen molar-refractivity contribution in [3.63, 3.8) is 0 Å². The molecule has 8 rings (SSSR count). The Morgan fingerprint density at radius 1 is 0.482 bits per heavy atom. The fraction of sp³-hybridized carbons (Fsp3) is 0.280. The number of aryl methyl sites for hydroxylation is 8. The molecule has 2 aliphatic carbocycles. The molecule has 0 bridgehead atoms. The van der Waals surface area contributed by atoms with E-state index in [1.54, 1.807) is 0 Å². The van der Waals surface area contributed by atoms with Crippen molar-refractivity contribution in [1.82, 2.24) is 0 Å². The quantitative estimate of drug-likeness (QED) is 0.156. The summed E-state index contributed by atoms with van der Waals surface area (Å²) in [4.78, 5) is 0. The predicted molar refractivity (Wildman–Crippen MR) is 239 cm³/mol. The van der Waals surface area contributed by atoms with Gasteiger partial charge in [-0.1, -0.05) is 0 Å². The molecule has 0 amide bonds. The van der Waals surface area contributed by atoms with Crippen LogP contribution in [-0.2, 0) is 15.0 Å². The summed E-state index contributed by atoms with van der Waals surface area (Å²) in [7, 11) is 17.9. The van der Waals surface area contributed by atoms with Gasteiger partial charge in [0.1, 0.15) is 0 Å². The summed E-state index contributed by atoms with van der Waals surface area (Å²) in [5.41, 5.74) is 20.9. The third-order valence-electron chi connectivity index (χ3n) is 13.3. The number of fused-ring (bicyclic) bond motifs is 2. The Balaban J connectivity index is 1.47. The van der Waals surface area contributed by atoms with Gasteiger partial charge in [0.15, 0.2) is 0 Å². The third kappa shape index (κ3) is 5.95. The van der Waals surface area contributed by atoms with Crippen molar-refractivity contribution >= 4 is 45.8 Å². The Kier molecular flexibility index (Phi) is 9.76. The average molecular weight is 875 g/mol. The summed E-state index contributed by atoms with van der Waals surface area (Å²) < 4.78 is 12.7. The second-order valence-electron chi connectivity index (χ2n) is 17.0. The topological polar surface area (TPSA) is 26.3 Å². The molecule has 286 valence electrons. The van der Waals surface area contributed by atoms with E-state index < -0.39 is 20.4 Å². The van der Waals surface area contributed by atoms with E-state index in [1.807, 2.05) is 13.8 Å². The molecule has 2 nitrogen and oxygen atoms in total. The van der Waals surface area contributed by atoms with E-state index in [4.69, 9.17) is 25.9 Å². The van der Waals surface area contributed by atoms with Crippen LogP contribution in [-0.4, -0.2) is 5.43 Å². The number of allylic oxidation sites excluding steroid dienone is 2. The van der Waals surface area contributed by atoms with Gasteiger partial charge in [0.2, 0.25) is 0 Å². The van der Waals surface area contributed by atoms with E-state index in [0.29, 0.717) is 0 Å². The number of halogens is 2. The summed E-state index contributed by atoms with van der Waals surface area (Å²) in [6, 6.07) is 27.0. The number of hydrogen-bond acceptors (Lipinski definition) is 2. The van der Waals surface area contributed by atoms with Gasteiger partial charge in [0.05, 0.1) is 0 Å². The first-order chi connectivity index (χ1) is 26.4. The normalized spacial score (nSPS) is 16.6. The van der Waals surface area contributed by atoms with E-state index in [0.717, 1.165) is 34.2 Å². The first-order valence-corrected chi connectivity index (χ1v) is 35.1. The first kappa shape index (κ1) is 39.4. The number of furan rings is 2. The number of benzene rings is 4. The van der Waals surface area contributed by atoms with Gasteiger partial charge >= 0.3 is 344 Å². The van der Waals surface area contributed by atoms with Crippen molar-refractivity contribution < 1.29 is 23.8 Å². The van der Waals surface area contributed by atoms with Crippen LogP contribution in [0, 0.1) is 69.2 Å². The molecule has 56 heavy (non-hydrogen) atoms. The van der Waals surface area contributed by atoms with Crippen LogP contribution in [0.15, 0.2) is 81.6 Å². The molecule has 0 spiro atoms. The Labute approximate surface area is 341 Å². The average Bonchev–Trinajstić information content (AvgIpc) is 3.94. The molecule has 0 radical (unpaired) electrons.